The zero-order valence-electron chi connectivity index (χ0n) is 12.2. The molecule has 0 saturated heterocycles. The van der Waals surface area contributed by atoms with Crippen LogP contribution < -0.4 is 10.6 Å². The summed E-state index contributed by atoms with van der Waals surface area (Å²) < 4.78 is 0. The minimum absolute atomic E-state index is 0.0279. The average Bonchev–Trinajstić information content (AvgIpc) is 2.51. The standard InChI is InChI=1S/C16H17Cl2N3O/c1-2-16(22)21-13-5-6-15(20-10-13)19-8-7-11-3-4-12(17)9-14(11)18/h3-6,9-10H,2,7-8H2,1H3,(H,19,20)(H,21,22). The SMILES string of the molecule is CCC(=O)Nc1ccc(NCCc2ccc(Cl)cc2Cl)nc1. The Hall–Kier alpha value is -1.78. The molecule has 0 saturated carbocycles. The largest absolute Gasteiger partial charge is 0.370 e. The van der Waals surface area contributed by atoms with Gasteiger partial charge in [0.15, 0.2) is 0 Å². The molecular formula is C16H17Cl2N3O. The van der Waals surface area contributed by atoms with E-state index < -0.39 is 0 Å². The van der Waals surface area contributed by atoms with Gasteiger partial charge in [-0.05, 0) is 36.2 Å². The van der Waals surface area contributed by atoms with Crippen LogP contribution >= 0.6 is 23.2 Å². The van der Waals surface area contributed by atoms with Crippen molar-refractivity contribution in [2.45, 2.75) is 19.8 Å². The number of hydrogen-bond donors (Lipinski definition) is 2. The predicted octanol–water partition coefficient (Wildman–Crippen LogP) is 4.39. The highest BCUT2D eigenvalue weighted by Crippen LogP contribution is 2.21. The molecule has 0 aliphatic heterocycles. The number of halogens is 2. The summed E-state index contributed by atoms with van der Waals surface area (Å²) >= 11 is 12.0. The van der Waals surface area contributed by atoms with Gasteiger partial charge in [0.2, 0.25) is 5.91 Å². The number of carbonyl (C=O) groups is 1. The third-order valence-electron chi connectivity index (χ3n) is 3.08. The van der Waals surface area contributed by atoms with Gasteiger partial charge in [0, 0.05) is 23.0 Å². The van der Waals surface area contributed by atoms with Gasteiger partial charge in [-0.3, -0.25) is 4.79 Å². The summed E-state index contributed by atoms with van der Waals surface area (Å²) in [5.74, 6) is 0.722. The smallest absolute Gasteiger partial charge is 0.224 e. The molecule has 0 radical (unpaired) electrons. The number of aromatic nitrogens is 1. The zero-order chi connectivity index (χ0) is 15.9. The normalized spacial score (nSPS) is 10.3. The third-order valence-corrected chi connectivity index (χ3v) is 3.67. The lowest BCUT2D eigenvalue weighted by Gasteiger charge is -2.08. The number of hydrogen-bond acceptors (Lipinski definition) is 3. The molecule has 1 amide bonds. The molecule has 2 N–H and O–H groups in total. The van der Waals surface area contributed by atoms with Crippen molar-refractivity contribution in [1.29, 1.82) is 0 Å². The van der Waals surface area contributed by atoms with E-state index in [4.69, 9.17) is 23.2 Å². The van der Waals surface area contributed by atoms with Crippen LogP contribution in [0.25, 0.3) is 0 Å². The van der Waals surface area contributed by atoms with Gasteiger partial charge in [0.1, 0.15) is 5.82 Å². The topological polar surface area (TPSA) is 54.0 Å². The van der Waals surface area contributed by atoms with E-state index in [2.05, 4.69) is 15.6 Å². The molecule has 4 nitrogen and oxygen atoms in total. The van der Waals surface area contributed by atoms with Crippen molar-refractivity contribution in [1.82, 2.24) is 4.98 Å². The van der Waals surface area contributed by atoms with Crippen molar-refractivity contribution < 1.29 is 4.79 Å². The van der Waals surface area contributed by atoms with Crippen LogP contribution in [0.3, 0.4) is 0 Å². The number of amides is 1. The van der Waals surface area contributed by atoms with Gasteiger partial charge >= 0.3 is 0 Å². The first kappa shape index (κ1) is 16.6. The second kappa shape index (κ2) is 8.01. The van der Waals surface area contributed by atoms with E-state index >= 15 is 0 Å². The Morgan fingerprint density at radius 3 is 2.68 bits per heavy atom. The van der Waals surface area contributed by atoms with Crippen LogP contribution in [0.2, 0.25) is 10.0 Å². The summed E-state index contributed by atoms with van der Waals surface area (Å²) in [5, 5.41) is 7.27. The van der Waals surface area contributed by atoms with Gasteiger partial charge in [-0.1, -0.05) is 36.2 Å². The Balaban J connectivity index is 1.85. The lowest BCUT2D eigenvalue weighted by atomic mass is 10.1. The van der Waals surface area contributed by atoms with Crippen molar-refractivity contribution in [3.63, 3.8) is 0 Å². The molecule has 1 heterocycles. The Bertz CT molecular complexity index is 644. The van der Waals surface area contributed by atoms with E-state index in [1.54, 1.807) is 19.2 Å². The minimum Gasteiger partial charge on any atom is -0.370 e. The minimum atomic E-state index is -0.0279. The van der Waals surface area contributed by atoms with Crippen LogP contribution in [0.5, 0.6) is 0 Å². The Morgan fingerprint density at radius 1 is 1.23 bits per heavy atom. The molecule has 0 atom stereocenters. The van der Waals surface area contributed by atoms with Gasteiger partial charge in [0.05, 0.1) is 11.9 Å². The fourth-order valence-electron chi connectivity index (χ4n) is 1.87. The predicted molar refractivity (Wildman–Crippen MR) is 91.8 cm³/mol. The van der Waals surface area contributed by atoms with Gasteiger partial charge in [-0.15, -0.1) is 0 Å². The highest BCUT2D eigenvalue weighted by Gasteiger charge is 2.02. The van der Waals surface area contributed by atoms with Crippen molar-refractivity contribution in [2.75, 3.05) is 17.2 Å². The highest BCUT2D eigenvalue weighted by molar-refractivity contribution is 6.35. The molecule has 0 fully saturated rings. The molecule has 0 unspecified atom stereocenters. The lowest BCUT2D eigenvalue weighted by molar-refractivity contribution is -0.115. The highest BCUT2D eigenvalue weighted by atomic mass is 35.5. The van der Waals surface area contributed by atoms with Crippen LogP contribution in [0.1, 0.15) is 18.9 Å². The van der Waals surface area contributed by atoms with Crippen LogP contribution in [-0.2, 0) is 11.2 Å². The summed E-state index contributed by atoms with van der Waals surface area (Å²) in [6.45, 7) is 2.51. The summed E-state index contributed by atoms with van der Waals surface area (Å²) in [4.78, 5) is 15.5. The van der Waals surface area contributed by atoms with Crippen LogP contribution in [0, 0.1) is 0 Å². The molecule has 0 aliphatic carbocycles. The van der Waals surface area contributed by atoms with E-state index in [0.717, 1.165) is 17.8 Å². The zero-order valence-corrected chi connectivity index (χ0v) is 13.7. The molecular weight excluding hydrogens is 321 g/mol. The first-order chi connectivity index (χ1) is 10.6. The number of pyridine rings is 1. The second-order valence-corrected chi connectivity index (χ2v) is 5.59. The van der Waals surface area contributed by atoms with Crippen LogP contribution in [0.4, 0.5) is 11.5 Å². The molecule has 0 bridgehead atoms. The Labute approximate surface area is 139 Å². The quantitative estimate of drug-likeness (QED) is 0.821. The average molecular weight is 338 g/mol. The van der Waals surface area contributed by atoms with E-state index in [9.17, 15) is 4.79 Å². The molecule has 6 heteroatoms. The first-order valence-electron chi connectivity index (χ1n) is 7.02. The summed E-state index contributed by atoms with van der Waals surface area (Å²) in [6.07, 6.45) is 2.85. The summed E-state index contributed by atoms with van der Waals surface area (Å²) in [5.41, 5.74) is 1.73. The van der Waals surface area contributed by atoms with E-state index in [1.165, 1.54) is 0 Å². The molecule has 2 rings (SSSR count). The van der Waals surface area contributed by atoms with Crippen molar-refractivity contribution >= 4 is 40.6 Å². The molecule has 2 aromatic rings. The maximum Gasteiger partial charge on any atom is 0.224 e. The fourth-order valence-corrected chi connectivity index (χ4v) is 2.37. The maximum atomic E-state index is 11.3. The number of anilines is 2. The van der Waals surface area contributed by atoms with Gasteiger partial charge in [0.25, 0.3) is 0 Å². The van der Waals surface area contributed by atoms with E-state index in [-0.39, 0.29) is 5.91 Å². The number of benzene rings is 1. The Morgan fingerprint density at radius 2 is 2.05 bits per heavy atom. The number of rotatable bonds is 6. The lowest BCUT2D eigenvalue weighted by Crippen LogP contribution is -2.10. The monoisotopic (exact) mass is 337 g/mol. The molecule has 22 heavy (non-hydrogen) atoms. The van der Waals surface area contributed by atoms with Crippen LogP contribution in [-0.4, -0.2) is 17.4 Å². The third kappa shape index (κ3) is 4.90. The number of nitrogens with zero attached hydrogens (tertiary/aromatic N) is 1. The Kier molecular flexibility index (Phi) is 6.04. The van der Waals surface area contributed by atoms with Gasteiger partial charge in [-0.25, -0.2) is 4.98 Å². The number of nitrogens with one attached hydrogen (secondary N) is 2. The van der Waals surface area contributed by atoms with Crippen molar-refractivity contribution in [3.8, 4) is 0 Å². The molecule has 116 valence electrons. The molecule has 0 spiro atoms. The maximum absolute atomic E-state index is 11.3. The first-order valence-corrected chi connectivity index (χ1v) is 7.77. The summed E-state index contributed by atoms with van der Waals surface area (Å²) in [6, 6.07) is 9.13. The van der Waals surface area contributed by atoms with Crippen molar-refractivity contribution in [3.05, 3.63) is 52.1 Å². The van der Waals surface area contributed by atoms with E-state index in [1.807, 2.05) is 24.3 Å². The van der Waals surface area contributed by atoms with Crippen molar-refractivity contribution in [2.24, 2.45) is 0 Å². The van der Waals surface area contributed by atoms with Gasteiger partial charge < -0.3 is 10.6 Å². The molecule has 0 aliphatic rings. The second-order valence-electron chi connectivity index (χ2n) is 4.75. The summed E-state index contributed by atoms with van der Waals surface area (Å²) in [7, 11) is 0. The van der Waals surface area contributed by atoms with Gasteiger partial charge in [-0.2, -0.15) is 0 Å². The van der Waals surface area contributed by atoms with E-state index in [0.29, 0.717) is 28.7 Å². The van der Waals surface area contributed by atoms with Crippen LogP contribution in [0.15, 0.2) is 36.5 Å². The molecule has 1 aromatic carbocycles. The number of carbonyl (C=O) groups excluding carboxylic acids is 1. The molecule has 1 aromatic heterocycles. The fraction of sp³-hybridized carbons (Fsp3) is 0.250.